The Morgan fingerprint density at radius 2 is 2.25 bits per heavy atom. The molecule has 0 atom stereocenters. The predicted molar refractivity (Wildman–Crippen MR) is 60.3 cm³/mol. The van der Waals surface area contributed by atoms with Gasteiger partial charge in [0.1, 0.15) is 5.82 Å². The molecular formula is C10H9ClN4O. The lowest BCUT2D eigenvalue weighted by atomic mass is 10.1. The molecule has 0 fully saturated rings. The molecule has 0 aromatic carbocycles. The zero-order chi connectivity index (χ0) is 11.7. The van der Waals surface area contributed by atoms with Crippen LogP contribution in [0.25, 0.3) is 0 Å². The molecule has 0 amide bonds. The summed E-state index contributed by atoms with van der Waals surface area (Å²) in [6, 6.07) is 1.50. The highest BCUT2D eigenvalue weighted by Gasteiger charge is 2.15. The molecule has 0 saturated heterocycles. The highest BCUT2D eigenvalue weighted by molar-refractivity contribution is 6.31. The molecule has 6 heteroatoms. The fourth-order valence-corrected chi connectivity index (χ4v) is 1.48. The molecule has 2 aromatic rings. The first-order chi connectivity index (χ1) is 7.58. The van der Waals surface area contributed by atoms with Gasteiger partial charge < -0.3 is 5.73 Å². The van der Waals surface area contributed by atoms with Crippen molar-refractivity contribution in [3.63, 3.8) is 0 Å². The van der Waals surface area contributed by atoms with E-state index in [1.165, 1.54) is 18.5 Å². The Bertz CT molecular complexity index is 550. The summed E-state index contributed by atoms with van der Waals surface area (Å²) in [5.74, 6) is -0.0705. The van der Waals surface area contributed by atoms with Crippen LogP contribution < -0.4 is 5.73 Å². The van der Waals surface area contributed by atoms with E-state index in [4.69, 9.17) is 17.3 Å². The molecule has 2 rings (SSSR count). The molecule has 0 unspecified atom stereocenters. The molecule has 0 aliphatic rings. The van der Waals surface area contributed by atoms with Crippen molar-refractivity contribution in [1.29, 1.82) is 0 Å². The quantitative estimate of drug-likeness (QED) is 0.798. The number of halogens is 1. The molecule has 2 N–H and O–H groups in total. The number of carbonyl (C=O) groups excluding carboxylic acids is 1. The lowest BCUT2D eigenvalue weighted by Crippen LogP contribution is -2.06. The van der Waals surface area contributed by atoms with Crippen LogP contribution in [0.1, 0.15) is 15.9 Å². The largest absolute Gasteiger partial charge is 0.383 e. The summed E-state index contributed by atoms with van der Waals surface area (Å²) in [6.07, 6.45) is 4.49. The maximum atomic E-state index is 12.0. The monoisotopic (exact) mass is 236 g/mol. The minimum atomic E-state index is -0.236. The van der Waals surface area contributed by atoms with Gasteiger partial charge in [-0.3, -0.25) is 9.48 Å². The van der Waals surface area contributed by atoms with Crippen LogP contribution in [0.15, 0.2) is 24.7 Å². The van der Waals surface area contributed by atoms with Crippen LogP contribution >= 0.6 is 11.6 Å². The predicted octanol–water partition coefficient (Wildman–Crippen LogP) is 1.28. The fraction of sp³-hybridized carbons (Fsp3) is 0.100. The first kappa shape index (κ1) is 10.6. The number of pyridine rings is 1. The smallest absolute Gasteiger partial charge is 0.199 e. The Morgan fingerprint density at radius 3 is 2.88 bits per heavy atom. The number of aromatic nitrogens is 3. The van der Waals surface area contributed by atoms with E-state index in [0.717, 1.165) is 0 Å². The summed E-state index contributed by atoms with van der Waals surface area (Å²) in [7, 11) is 1.73. The molecule has 0 aliphatic carbocycles. The number of hydrogen-bond acceptors (Lipinski definition) is 4. The van der Waals surface area contributed by atoms with Gasteiger partial charge in [0.15, 0.2) is 5.78 Å². The summed E-state index contributed by atoms with van der Waals surface area (Å²) in [5.41, 5.74) is 6.37. The Balaban J connectivity index is 2.45. The van der Waals surface area contributed by atoms with Crippen molar-refractivity contribution in [2.24, 2.45) is 7.05 Å². The molecule has 16 heavy (non-hydrogen) atoms. The van der Waals surface area contributed by atoms with Gasteiger partial charge in [-0.25, -0.2) is 4.98 Å². The van der Waals surface area contributed by atoms with Crippen molar-refractivity contribution in [3.8, 4) is 0 Å². The van der Waals surface area contributed by atoms with Crippen molar-refractivity contribution in [2.75, 3.05) is 5.73 Å². The van der Waals surface area contributed by atoms with Gasteiger partial charge in [-0.05, 0) is 6.07 Å². The van der Waals surface area contributed by atoms with Gasteiger partial charge in [-0.2, -0.15) is 5.10 Å². The third kappa shape index (κ3) is 1.90. The third-order valence-corrected chi connectivity index (χ3v) is 2.30. The highest BCUT2D eigenvalue weighted by atomic mass is 35.5. The van der Waals surface area contributed by atoms with Crippen LogP contribution in [0.5, 0.6) is 0 Å². The van der Waals surface area contributed by atoms with Crippen molar-refractivity contribution in [2.45, 2.75) is 0 Å². The number of hydrogen-bond donors (Lipinski definition) is 1. The van der Waals surface area contributed by atoms with Crippen molar-refractivity contribution >= 4 is 23.2 Å². The average molecular weight is 237 g/mol. The molecule has 82 valence electrons. The number of carbonyl (C=O) groups is 1. The first-order valence-electron chi connectivity index (χ1n) is 4.52. The van der Waals surface area contributed by atoms with Gasteiger partial charge in [0.25, 0.3) is 0 Å². The molecular weight excluding hydrogens is 228 g/mol. The minimum absolute atomic E-state index is 0.165. The normalized spacial score (nSPS) is 10.4. The molecule has 2 heterocycles. The summed E-state index contributed by atoms with van der Waals surface area (Å²) in [6.45, 7) is 0. The van der Waals surface area contributed by atoms with Crippen LogP contribution in [0.3, 0.4) is 0 Å². The summed E-state index contributed by atoms with van der Waals surface area (Å²) >= 11 is 5.76. The Morgan fingerprint density at radius 1 is 1.50 bits per heavy atom. The summed E-state index contributed by atoms with van der Waals surface area (Å²) < 4.78 is 1.54. The van der Waals surface area contributed by atoms with E-state index in [9.17, 15) is 4.79 Å². The standard InChI is InChI=1S/C10H9ClN4O/c1-15-5-6(3-14-15)9(16)8-2-7(11)4-13-10(8)12/h2-5H,1H3,(H2,12,13). The van der Waals surface area contributed by atoms with E-state index in [1.807, 2.05) is 0 Å². The van der Waals surface area contributed by atoms with Gasteiger partial charge >= 0.3 is 0 Å². The minimum Gasteiger partial charge on any atom is -0.383 e. The van der Waals surface area contributed by atoms with E-state index in [0.29, 0.717) is 16.1 Å². The maximum absolute atomic E-state index is 12.0. The molecule has 2 aromatic heterocycles. The van der Waals surface area contributed by atoms with Gasteiger partial charge in [-0.1, -0.05) is 11.6 Å². The molecule has 0 bridgehead atoms. The molecule has 0 aliphatic heterocycles. The molecule has 5 nitrogen and oxygen atoms in total. The van der Waals surface area contributed by atoms with Crippen molar-refractivity contribution < 1.29 is 4.79 Å². The van der Waals surface area contributed by atoms with Crippen LogP contribution in [0.2, 0.25) is 5.02 Å². The van der Waals surface area contributed by atoms with Crippen LogP contribution in [-0.4, -0.2) is 20.5 Å². The second-order valence-electron chi connectivity index (χ2n) is 3.32. The highest BCUT2D eigenvalue weighted by Crippen LogP contribution is 2.18. The first-order valence-corrected chi connectivity index (χ1v) is 4.90. The summed E-state index contributed by atoms with van der Waals surface area (Å²) in [5, 5.41) is 4.29. The Labute approximate surface area is 96.8 Å². The zero-order valence-corrected chi connectivity index (χ0v) is 9.27. The van der Waals surface area contributed by atoms with E-state index >= 15 is 0 Å². The number of ketones is 1. The Kier molecular flexibility index (Phi) is 2.62. The van der Waals surface area contributed by atoms with E-state index in [1.54, 1.807) is 17.9 Å². The maximum Gasteiger partial charge on any atom is 0.199 e. The van der Waals surface area contributed by atoms with E-state index in [2.05, 4.69) is 10.1 Å². The van der Waals surface area contributed by atoms with Crippen LogP contribution in [0, 0.1) is 0 Å². The van der Waals surface area contributed by atoms with Gasteiger partial charge in [0, 0.05) is 19.4 Å². The number of nitrogens with zero attached hydrogens (tertiary/aromatic N) is 3. The van der Waals surface area contributed by atoms with Crippen LogP contribution in [0.4, 0.5) is 5.82 Å². The SMILES string of the molecule is Cn1cc(C(=O)c2cc(Cl)cnc2N)cn1. The number of aryl methyl sites for hydroxylation is 1. The number of nitrogens with two attached hydrogens (primary N) is 1. The average Bonchev–Trinajstić information content (AvgIpc) is 2.67. The zero-order valence-electron chi connectivity index (χ0n) is 8.51. The number of rotatable bonds is 2. The second kappa shape index (κ2) is 3.94. The topological polar surface area (TPSA) is 73.8 Å². The lowest BCUT2D eigenvalue weighted by Gasteiger charge is -2.02. The van der Waals surface area contributed by atoms with Crippen molar-refractivity contribution in [3.05, 3.63) is 40.8 Å². The summed E-state index contributed by atoms with van der Waals surface area (Å²) in [4.78, 5) is 15.8. The number of nitrogen functional groups attached to an aromatic ring is 1. The third-order valence-electron chi connectivity index (χ3n) is 2.10. The molecule has 0 saturated carbocycles. The lowest BCUT2D eigenvalue weighted by molar-refractivity contribution is 0.103. The molecule has 0 spiro atoms. The van der Waals surface area contributed by atoms with Gasteiger partial charge in [0.05, 0.1) is 22.3 Å². The van der Waals surface area contributed by atoms with Gasteiger partial charge in [-0.15, -0.1) is 0 Å². The molecule has 0 radical (unpaired) electrons. The van der Waals surface area contributed by atoms with Crippen LogP contribution in [-0.2, 0) is 7.05 Å². The number of anilines is 1. The van der Waals surface area contributed by atoms with Gasteiger partial charge in [0.2, 0.25) is 0 Å². The second-order valence-corrected chi connectivity index (χ2v) is 3.75. The van der Waals surface area contributed by atoms with E-state index in [-0.39, 0.29) is 11.6 Å². The van der Waals surface area contributed by atoms with E-state index < -0.39 is 0 Å². The van der Waals surface area contributed by atoms with Crippen molar-refractivity contribution in [1.82, 2.24) is 14.8 Å². The fourth-order valence-electron chi connectivity index (χ4n) is 1.33. The Hall–Kier alpha value is -1.88.